The standard InChI is InChI=1S/C43H25N3O/c1-2-10-27(11-3-1)41-44-42(46-43(45-41)35-19-9-21-38-40(35)34-16-4-5-20-37(34)47-38)30-15-6-14-28(24-30)29-22-23-31-32-17-7-12-26-13-8-18-33(39(26)32)36(31)25-29/h1-25H. The van der Waals surface area contributed by atoms with E-state index in [2.05, 4.69) is 91.0 Å². The molecule has 0 unspecified atom stereocenters. The van der Waals surface area contributed by atoms with E-state index in [-0.39, 0.29) is 0 Å². The van der Waals surface area contributed by atoms with Gasteiger partial charge in [0.25, 0.3) is 0 Å². The SMILES string of the molecule is c1ccc(-c2nc(-c3cccc(-c4ccc5c(c4)-c4cccc6cccc-5c46)c3)nc(-c3cccc4oc5ccccc5c34)n2)cc1. The molecule has 0 saturated heterocycles. The van der Waals surface area contributed by atoms with Crippen molar-refractivity contribution in [2.24, 2.45) is 0 Å². The van der Waals surface area contributed by atoms with E-state index < -0.39 is 0 Å². The van der Waals surface area contributed by atoms with Crippen molar-refractivity contribution in [3.8, 4) is 67.5 Å². The van der Waals surface area contributed by atoms with Crippen LogP contribution in [-0.4, -0.2) is 15.0 Å². The number of hydrogen-bond acceptors (Lipinski definition) is 4. The van der Waals surface area contributed by atoms with Gasteiger partial charge in [0.15, 0.2) is 17.5 Å². The van der Waals surface area contributed by atoms with Crippen molar-refractivity contribution >= 4 is 32.7 Å². The van der Waals surface area contributed by atoms with Crippen LogP contribution in [0.25, 0.3) is 100 Å². The van der Waals surface area contributed by atoms with E-state index in [4.69, 9.17) is 19.4 Å². The van der Waals surface area contributed by atoms with E-state index in [1.807, 2.05) is 60.7 Å². The van der Waals surface area contributed by atoms with Crippen molar-refractivity contribution in [3.63, 3.8) is 0 Å². The average molecular weight is 600 g/mol. The summed E-state index contributed by atoms with van der Waals surface area (Å²) < 4.78 is 6.21. The Morgan fingerprint density at radius 1 is 0.340 bits per heavy atom. The van der Waals surface area contributed by atoms with Crippen LogP contribution in [0.4, 0.5) is 0 Å². The number of nitrogens with zero attached hydrogens (tertiary/aromatic N) is 3. The molecule has 0 radical (unpaired) electrons. The summed E-state index contributed by atoms with van der Waals surface area (Å²) in [6.45, 7) is 0. The molecular formula is C43H25N3O. The Balaban J connectivity index is 1.14. The minimum Gasteiger partial charge on any atom is -0.456 e. The number of fused-ring (bicyclic) bond motifs is 6. The molecule has 0 saturated carbocycles. The van der Waals surface area contributed by atoms with Gasteiger partial charge in [-0.1, -0.05) is 127 Å². The molecule has 0 N–H and O–H groups in total. The van der Waals surface area contributed by atoms with E-state index in [1.54, 1.807) is 0 Å². The van der Waals surface area contributed by atoms with Gasteiger partial charge in [0.1, 0.15) is 11.2 Å². The van der Waals surface area contributed by atoms with Crippen molar-refractivity contribution in [3.05, 3.63) is 152 Å². The van der Waals surface area contributed by atoms with Crippen molar-refractivity contribution in [1.82, 2.24) is 15.0 Å². The molecule has 2 heterocycles. The molecule has 4 heteroatoms. The summed E-state index contributed by atoms with van der Waals surface area (Å²) in [7, 11) is 0. The first kappa shape index (κ1) is 25.9. The number of hydrogen-bond donors (Lipinski definition) is 0. The fourth-order valence-electron chi connectivity index (χ4n) is 7.11. The Morgan fingerprint density at radius 3 is 1.83 bits per heavy atom. The summed E-state index contributed by atoms with van der Waals surface area (Å²) >= 11 is 0. The van der Waals surface area contributed by atoms with Crippen LogP contribution in [0.3, 0.4) is 0 Å². The number of aromatic nitrogens is 3. The largest absolute Gasteiger partial charge is 0.456 e. The maximum atomic E-state index is 6.21. The summed E-state index contributed by atoms with van der Waals surface area (Å²) in [6, 6.07) is 52.7. The van der Waals surface area contributed by atoms with Gasteiger partial charge >= 0.3 is 0 Å². The van der Waals surface area contributed by atoms with Gasteiger partial charge in [0, 0.05) is 27.5 Å². The Kier molecular flexibility index (Phi) is 5.54. The summed E-state index contributed by atoms with van der Waals surface area (Å²) in [6.07, 6.45) is 0. The van der Waals surface area contributed by atoms with Crippen molar-refractivity contribution < 1.29 is 4.42 Å². The zero-order valence-electron chi connectivity index (χ0n) is 25.2. The highest BCUT2D eigenvalue weighted by Gasteiger charge is 2.22. The maximum Gasteiger partial charge on any atom is 0.164 e. The number of rotatable bonds is 4. The molecule has 9 aromatic rings. The van der Waals surface area contributed by atoms with Gasteiger partial charge in [-0.05, 0) is 68.4 Å². The maximum absolute atomic E-state index is 6.21. The lowest BCUT2D eigenvalue weighted by atomic mass is 9.96. The highest BCUT2D eigenvalue weighted by molar-refractivity contribution is 6.16. The van der Waals surface area contributed by atoms with Crippen LogP contribution in [0.15, 0.2) is 156 Å². The molecule has 1 aliphatic rings. The Labute approximate surface area is 270 Å². The molecule has 7 aromatic carbocycles. The fraction of sp³-hybridized carbons (Fsp3) is 0. The molecule has 0 bridgehead atoms. The van der Waals surface area contributed by atoms with Crippen LogP contribution in [-0.2, 0) is 0 Å². The molecular weight excluding hydrogens is 574 g/mol. The van der Waals surface area contributed by atoms with E-state index in [1.165, 1.54) is 33.0 Å². The molecule has 0 aliphatic heterocycles. The lowest BCUT2D eigenvalue weighted by molar-refractivity contribution is 0.669. The molecule has 1 aliphatic carbocycles. The fourth-order valence-corrected chi connectivity index (χ4v) is 7.11. The second-order valence-corrected chi connectivity index (χ2v) is 12.0. The first-order chi connectivity index (χ1) is 23.3. The molecule has 218 valence electrons. The van der Waals surface area contributed by atoms with E-state index in [0.29, 0.717) is 17.5 Å². The molecule has 47 heavy (non-hydrogen) atoms. The molecule has 10 rings (SSSR count). The first-order valence-electron chi connectivity index (χ1n) is 15.8. The Bertz CT molecular complexity index is 2690. The van der Waals surface area contributed by atoms with E-state index >= 15 is 0 Å². The van der Waals surface area contributed by atoms with Crippen LogP contribution in [0.1, 0.15) is 0 Å². The molecule has 2 aromatic heterocycles. The molecule has 0 atom stereocenters. The van der Waals surface area contributed by atoms with Crippen LogP contribution in [0, 0.1) is 0 Å². The third-order valence-electron chi connectivity index (χ3n) is 9.27. The minimum absolute atomic E-state index is 0.611. The quantitative estimate of drug-likeness (QED) is 0.202. The van der Waals surface area contributed by atoms with Gasteiger partial charge in [0.2, 0.25) is 0 Å². The topological polar surface area (TPSA) is 51.8 Å². The van der Waals surface area contributed by atoms with Crippen LogP contribution < -0.4 is 0 Å². The van der Waals surface area contributed by atoms with Gasteiger partial charge in [-0.2, -0.15) is 0 Å². The first-order valence-corrected chi connectivity index (χ1v) is 15.8. The van der Waals surface area contributed by atoms with Crippen molar-refractivity contribution in [2.75, 3.05) is 0 Å². The summed E-state index contributed by atoms with van der Waals surface area (Å²) in [5.41, 5.74) is 11.8. The number of para-hydroxylation sites is 1. The molecule has 0 spiro atoms. The van der Waals surface area contributed by atoms with Gasteiger partial charge < -0.3 is 4.42 Å². The highest BCUT2D eigenvalue weighted by Crippen LogP contribution is 2.48. The minimum atomic E-state index is 0.611. The average Bonchev–Trinajstić information content (AvgIpc) is 3.69. The molecule has 0 amide bonds. The Hall–Kier alpha value is -6.39. The summed E-state index contributed by atoms with van der Waals surface area (Å²) in [5, 5.41) is 4.65. The second kappa shape index (κ2) is 10.1. The lowest BCUT2D eigenvalue weighted by Gasteiger charge is -2.11. The second-order valence-electron chi connectivity index (χ2n) is 12.0. The zero-order chi connectivity index (χ0) is 30.9. The van der Waals surface area contributed by atoms with E-state index in [0.717, 1.165) is 49.8 Å². The number of furan rings is 1. The van der Waals surface area contributed by atoms with Crippen LogP contribution in [0.2, 0.25) is 0 Å². The van der Waals surface area contributed by atoms with Crippen LogP contribution in [0.5, 0.6) is 0 Å². The van der Waals surface area contributed by atoms with Crippen molar-refractivity contribution in [1.29, 1.82) is 0 Å². The highest BCUT2D eigenvalue weighted by atomic mass is 16.3. The van der Waals surface area contributed by atoms with Crippen molar-refractivity contribution in [2.45, 2.75) is 0 Å². The van der Waals surface area contributed by atoms with Gasteiger partial charge in [-0.15, -0.1) is 0 Å². The smallest absolute Gasteiger partial charge is 0.164 e. The summed E-state index contributed by atoms with van der Waals surface area (Å²) in [5.74, 6) is 1.86. The van der Waals surface area contributed by atoms with Gasteiger partial charge in [-0.3, -0.25) is 0 Å². The third kappa shape index (κ3) is 4.05. The van der Waals surface area contributed by atoms with E-state index in [9.17, 15) is 0 Å². The lowest BCUT2D eigenvalue weighted by Crippen LogP contribution is -2.00. The predicted molar refractivity (Wildman–Crippen MR) is 191 cm³/mol. The normalized spacial score (nSPS) is 11.8. The van der Waals surface area contributed by atoms with Crippen LogP contribution >= 0.6 is 0 Å². The zero-order valence-corrected chi connectivity index (χ0v) is 25.2. The number of benzene rings is 7. The monoisotopic (exact) mass is 599 g/mol. The summed E-state index contributed by atoms with van der Waals surface area (Å²) in [4.78, 5) is 15.2. The third-order valence-corrected chi connectivity index (χ3v) is 9.27. The van der Waals surface area contributed by atoms with Gasteiger partial charge in [-0.25, -0.2) is 15.0 Å². The predicted octanol–water partition coefficient (Wildman–Crippen LogP) is 11.2. The Morgan fingerprint density at radius 2 is 0.957 bits per heavy atom. The van der Waals surface area contributed by atoms with Gasteiger partial charge in [0.05, 0.1) is 0 Å². The molecule has 4 nitrogen and oxygen atoms in total. The molecule has 0 fully saturated rings.